The lowest BCUT2D eigenvalue weighted by molar-refractivity contribution is 0.330. The summed E-state index contributed by atoms with van der Waals surface area (Å²) in [6.07, 6.45) is 3.49. The highest BCUT2D eigenvalue weighted by molar-refractivity contribution is 7.00. The number of rotatable bonds is 5. The first-order chi connectivity index (χ1) is 35.9. The van der Waals surface area contributed by atoms with E-state index in [0.29, 0.717) is 0 Å². The molecule has 1 saturated carbocycles. The highest BCUT2D eigenvalue weighted by Gasteiger charge is 2.60. The smallest absolute Gasteiger partial charge is 0.252 e. The first-order valence-corrected chi connectivity index (χ1v) is 28.3. The zero-order valence-corrected chi connectivity index (χ0v) is 48.1. The van der Waals surface area contributed by atoms with Gasteiger partial charge in [-0.1, -0.05) is 211 Å². The summed E-state index contributed by atoms with van der Waals surface area (Å²) in [7, 11) is 0. The summed E-state index contributed by atoms with van der Waals surface area (Å²) in [6, 6.07) is 64.4. The average molecular weight is 996 g/mol. The van der Waals surface area contributed by atoms with Gasteiger partial charge in [-0.25, -0.2) is 0 Å². The molecule has 3 nitrogen and oxygen atoms in total. The van der Waals surface area contributed by atoms with Gasteiger partial charge >= 0.3 is 0 Å². The quantitative estimate of drug-likeness (QED) is 0.159. The minimum absolute atomic E-state index is 0.0121. The number of benzene rings is 8. The van der Waals surface area contributed by atoms with Crippen LogP contribution in [0.3, 0.4) is 0 Å². The second kappa shape index (κ2) is 17.1. The van der Waals surface area contributed by atoms with Gasteiger partial charge in [-0.2, -0.15) is 0 Å². The largest absolute Gasteiger partial charge is 0.334 e. The molecule has 2 unspecified atom stereocenters. The van der Waals surface area contributed by atoms with E-state index in [1.807, 2.05) is 0 Å². The molecule has 0 amide bonds. The molecule has 0 bridgehead atoms. The molecule has 3 heterocycles. The van der Waals surface area contributed by atoms with E-state index in [9.17, 15) is 0 Å². The summed E-state index contributed by atoms with van der Waals surface area (Å²) in [5.74, 6) is 0. The van der Waals surface area contributed by atoms with Gasteiger partial charge in [0.1, 0.15) is 0 Å². The fourth-order valence-corrected chi connectivity index (χ4v) is 13.8. The van der Waals surface area contributed by atoms with Gasteiger partial charge in [0.15, 0.2) is 0 Å². The first kappa shape index (κ1) is 50.1. The maximum Gasteiger partial charge on any atom is 0.252 e. The Hall–Kier alpha value is -6.78. The van der Waals surface area contributed by atoms with Crippen molar-refractivity contribution in [1.29, 1.82) is 0 Å². The van der Waals surface area contributed by atoms with Crippen LogP contribution in [0.4, 0.5) is 45.5 Å². The molecular formula is C72H78BN3. The van der Waals surface area contributed by atoms with E-state index in [0.717, 1.165) is 6.42 Å². The molecule has 0 radical (unpaired) electrons. The molecule has 1 aliphatic carbocycles. The highest BCUT2D eigenvalue weighted by Crippen LogP contribution is 2.63. The molecule has 2 atom stereocenters. The molecular weight excluding hydrogens is 918 g/mol. The Kier molecular flexibility index (Phi) is 11.3. The minimum Gasteiger partial charge on any atom is -0.334 e. The molecule has 0 spiro atoms. The van der Waals surface area contributed by atoms with Gasteiger partial charge in [0, 0.05) is 50.7 Å². The number of hydrogen-bond donors (Lipinski definition) is 0. The maximum atomic E-state index is 2.80. The SMILES string of the molecule is Cc1ccc2c(c1)C1(C)CCCC1(C)N2c1cc2c3c(c1)N(c1ccc(C(C)(C)C)cc1-c1ccccc1)c1ccc(C(C)(C)C)cc1B3c1cc(C(C)(C)C)ccc1N2c1ccc(C(C)(C)C)cc1-c1ccccc1. The van der Waals surface area contributed by atoms with Gasteiger partial charge in [0.05, 0.1) is 16.9 Å². The fraction of sp³-hybridized carbons (Fsp3) is 0.333. The number of fused-ring (bicyclic) bond motifs is 7. The highest BCUT2D eigenvalue weighted by atomic mass is 15.3. The normalized spacial score (nSPS) is 18.8. The van der Waals surface area contributed by atoms with Crippen molar-refractivity contribution in [2.24, 2.45) is 0 Å². The zero-order valence-electron chi connectivity index (χ0n) is 48.1. The van der Waals surface area contributed by atoms with Crippen molar-refractivity contribution in [2.45, 2.75) is 156 Å². The lowest BCUT2D eigenvalue weighted by atomic mass is 9.33. The molecule has 3 aliphatic heterocycles. The maximum absolute atomic E-state index is 2.80. The third-order valence-corrected chi connectivity index (χ3v) is 18.4. The number of nitrogens with zero attached hydrogens (tertiary/aromatic N) is 3. The van der Waals surface area contributed by atoms with Crippen LogP contribution >= 0.6 is 0 Å². The Labute approximate surface area is 456 Å². The van der Waals surface area contributed by atoms with Gasteiger partial charge < -0.3 is 14.7 Å². The van der Waals surface area contributed by atoms with Gasteiger partial charge in [-0.3, -0.25) is 0 Å². The topological polar surface area (TPSA) is 9.72 Å². The van der Waals surface area contributed by atoms with Gasteiger partial charge in [0.25, 0.3) is 6.71 Å². The van der Waals surface area contributed by atoms with E-state index in [1.54, 1.807) is 0 Å². The number of hydrogen-bond acceptors (Lipinski definition) is 3. The van der Waals surface area contributed by atoms with E-state index >= 15 is 0 Å². The van der Waals surface area contributed by atoms with E-state index < -0.39 is 0 Å². The molecule has 4 heteroatoms. The Morgan fingerprint density at radius 2 is 0.816 bits per heavy atom. The summed E-state index contributed by atoms with van der Waals surface area (Å²) < 4.78 is 0. The lowest BCUT2D eigenvalue weighted by Gasteiger charge is -2.47. The van der Waals surface area contributed by atoms with Crippen LogP contribution in [0, 0.1) is 6.92 Å². The molecule has 0 N–H and O–H groups in total. The molecule has 4 aliphatic rings. The van der Waals surface area contributed by atoms with E-state index in [4.69, 9.17) is 0 Å². The Morgan fingerprint density at radius 3 is 1.25 bits per heavy atom. The predicted octanol–water partition coefficient (Wildman–Crippen LogP) is 18.0. The van der Waals surface area contributed by atoms with E-state index in [2.05, 4.69) is 282 Å². The van der Waals surface area contributed by atoms with Crippen LogP contribution < -0.4 is 31.1 Å². The van der Waals surface area contributed by atoms with Crippen molar-refractivity contribution in [3.05, 3.63) is 197 Å². The second-order valence-corrected chi connectivity index (χ2v) is 27.6. The summed E-state index contributed by atoms with van der Waals surface area (Å²) in [4.78, 5) is 8.18. The Morgan fingerprint density at radius 1 is 0.408 bits per heavy atom. The van der Waals surface area contributed by atoms with E-state index in [-0.39, 0.29) is 39.3 Å². The van der Waals surface area contributed by atoms with Crippen molar-refractivity contribution in [3.8, 4) is 22.3 Å². The molecule has 0 aromatic heterocycles. The van der Waals surface area contributed by atoms with Gasteiger partial charge in [-0.05, 0) is 158 Å². The zero-order chi connectivity index (χ0) is 53.6. The number of aryl methyl sites for hydroxylation is 1. The summed E-state index contributed by atoms with van der Waals surface area (Å²) in [6.45, 7) is 35.6. The molecule has 12 rings (SSSR count). The van der Waals surface area contributed by atoms with Crippen molar-refractivity contribution in [3.63, 3.8) is 0 Å². The second-order valence-electron chi connectivity index (χ2n) is 27.6. The van der Waals surface area contributed by atoms with Crippen LogP contribution in [0.15, 0.2) is 164 Å². The molecule has 384 valence electrons. The first-order valence-electron chi connectivity index (χ1n) is 28.3. The van der Waals surface area contributed by atoms with E-state index in [1.165, 1.54) is 130 Å². The van der Waals surface area contributed by atoms with Crippen LogP contribution in [0.25, 0.3) is 22.3 Å². The summed E-state index contributed by atoms with van der Waals surface area (Å²) in [5.41, 5.74) is 26.6. The minimum atomic E-state index is -0.144. The Bertz CT molecular complexity index is 3430. The summed E-state index contributed by atoms with van der Waals surface area (Å²) >= 11 is 0. The third kappa shape index (κ3) is 7.74. The fourth-order valence-electron chi connectivity index (χ4n) is 13.8. The summed E-state index contributed by atoms with van der Waals surface area (Å²) in [5, 5.41) is 0. The Balaban J connectivity index is 1.27. The van der Waals surface area contributed by atoms with Crippen molar-refractivity contribution in [2.75, 3.05) is 14.7 Å². The number of anilines is 8. The van der Waals surface area contributed by atoms with Gasteiger partial charge in [0.2, 0.25) is 0 Å². The van der Waals surface area contributed by atoms with Crippen LogP contribution in [0.5, 0.6) is 0 Å². The van der Waals surface area contributed by atoms with Crippen LogP contribution in [-0.4, -0.2) is 12.3 Å². The molecule has 76 heavy (non-hydrogen) atoms. The lowest BCUT2D eigenvalue weighted by Crippen LogP contribution is -2.62. The third-order valence-electron chi connectivity index (χ3n) is 18.4. The van der Waals surface area contributed by atoms with Crippen molar-refractivity contribution < 1.29 is 0 Å². The van der Waals surface area contributed by atoms with Crippen LogP contribution in [0.1, 0.15) is 150 Å². The molecule has 8 aromatic carbocycles. The predicted molar refractivity (Wildman–Crippen MR) is 329 cm³/mol. The molecule has 8 aromatic rings. The van der Waals surface area contributed by atoms with Crippen molar-refractivity contribution >= 4 is 68.6 Å². The average Bonchev–Trinajstić information content (AvgIpc) is 3.84. The molecule has 0 saturated heterocycles. The monoisotopic (exact) mass is 996 g/mol. The molecule has 1 fully saturated rings. The van der Waals surface area contributed by atoms with Gasteiger partial charge in [-0.15, -0.1) is 0 Å². The van der Waals surface area contributed by atoms with Crippen LogP contribution in [-0.2, 0) is 27.1 Å². The standard InChI is InChI=1S/C72H78BN3/c1-46-27-32-61-56(39-46)71(14)37-22-38-72(71,15)76(61)53-44-64-66-65(45-53)75(60-34-29-50(68(5,6)7)41-55(60)48-25-20-17-21-26-48)63-36-31-52(70(11,12)13)43-58(63)73(66)57-42-51(69(8,9)10)30-35-62(57)74(64)59-33-28-49(67(2,3)4)40-54(59)47-23-18-16-19-24-47/h16-21,23-36,39-45H,22,37-38H2,1-15H3. The van der Waals surface area contributed by atoms with Crippen molar-refractivity contribution in [1.82, 2.24) is 0 Å². The van der Waals surface area contributed by atoms with Crippen LogP contribution in [0.2, 0.25) is 0 Å².